The topological polar surface area (TPSA) is 64.1 Å². The van der Waals surface area contributed by atoms with Gasteiger partial charge in [0.25, 0.3) is 5.91 Å². The van der Waals surface area contributed by atoms with Crippen LogP contribution >= 0.6 is 0 Å². The number of para-hydroxylation sites is 2. The molecule has 0 aliphatic heterocycles. The molecule has 0 saturated heterocycles. The summed E-state index contributed by atoms with van der Waals surface area (Å²) >= 11 is 0. The van der Waals surface area contributed by atoms with Crippen molar-refractivity contribution >= 4 is 22.6 Å². The Kier molecular flexibility index (Phi) is 5.16. The minimum absolute atomic E-state index is 0.361. The van der Waals surface area contributed by atoms with Crippen molar-refractivity contribution in [2.24, 2.45) is 0 Å². The zero-order valence-electron chi connectivity index (χ0n) is 15.7. The van der Waals surface area contributed by atoms with Gasteiger partial charge < -0.3 is 10.1 Å². The fourth-order valence-corrected chi connectivity index (χ4v) is 2.87. The first-order valence-electron chi connectivity index (χ1n) is 9.14. The van der Waals surface area contributed by atoms with Crippen LogP contribution in [0.1, 0.15) is 6.92 Å². The van der Waals surface area contributed by atoms with Crippen LogP contribution in [0, 0.1) is 5.82 Å². The van der Waals surface area contributed by atoms with Gasteiger partial charge in [-0.25, -0.2) is 9.37 Å². The normalized spacial score (nSPS) is 11.8. The number of fused-ring (bicyclic) bond motifs is 1. The van der Waals surface area contributed by atoms with E-state index in [4.69, 9.17) is 4.74 Å². The summed E-state index contributed by atoms with van der Waals surface area (Å²) in [5.74, 6) is -0.229. The molecular formula is C23H18FN3O2. The maximum Gasteiger partial charge on any atom is 0.265 e. The van der Waals surface area contributed by atoms with E-state index in [9.17, 15) is 9.18 Å². The van der Waals surface area contributed by atoms with E-state index < -0.39 is 11.9 Å². The molecule has 29 heavy (non-hydrogen) atoms. The van der Waals surface area contributed by atoms with Gasteiger partial charge in [-0.1, -0.05) is 18.2 Å². The molecule has 0 fully saturated rings. The summed E-state index contributed by atoms with van der Waals surface area (Å²) in [4.78, 5) is 21.3. The van der Waals surface area contributed by atoms with E-state index in [-0.39, 0.29) is 5.91 Å². The number of amides is 1. The SMILES string of the molecule is C[C@@H](Oc1ccc(-c2cnc3ccccc3n2)cc1)C(=O)Nc1cccc(F)c1. The van der Waals surface area contributed by atoms with E-state index in [1.807, 2.05) is 36.4 Å². The number of benzene rings is 3. The van der Waals surface area contributed by atoms with Crippen LogP contribution in [0.2, 0.25) is 0 Å². The Morgan fingerprint density at radius 1 is 1.00 bits per heavy atom. The molecule has 1 atom stereocenters. The fraction of sp³-hybridized carbons (Fsp3) is 0.0870. The molecule has 0 radical (unpaired) electrons. The molecule has 0 bridgehead atoms. The molecule has 1 amide bonds. The zero-order valence-corrected chi connectivity index (χ0v) is 15.7. The highest BCUT2D eigenvalue weighted by Crippen LogP contribution is 2.23. The highest BCUT2D eigenvalue weighted by atomic mass is 19.1. The number of nitrogens with one attached hydrogen (secondary N) is 1. The van der Waals surface area contributed by atoms with E-state index in [1.54, 1.807) is 31.3 Å². The number of ether oxygens (including phenoxy) is 1. The highest BCUT2D eigenvalue weighted by molar-refractivity contribution is 5.94. The van der Waals surface area contributed by atoms with Gasteiger partial charge in [-0.3, -0.25) is 9.78 Å². The van der Waals surface area contributed by atoms with Crippen molar-refractivity contribution in [1.82, 2.24) is 9.97 Å². The second kappa shape index (κ2) is 8.06. The van der Waals surface area contributed by atoms with Crippen molar-refractivity contribution < 1.29 is 13.9 Å². The van der Waals surface area contributed by atoms with Gasteiger partial charge in [-0.2, -0.15) is 0 Å². The summed E-state index contributed by atoms with van der Waals surface area (Å²) in [7, 11) is 0. The van der Waals surface area contributed by atoms with Crippen LogP contribution in [-0.2, 0) is 4.79 Å². The van der Waals surface area contributed by atoms with Crippen molar-refractivity contribution in [2.45, 2.75) is 13.0 Å². The molecule has 0 spiro atoms. The molecule has 6 heteroatoms. The molecule has 1 heterocycles. The fourth-order valence-electron chi connectivity index (χ4n) is 2.87. The smallest absolute Gasteiger partial charge is 0.265 e. The first-order valence-corrected chi connectivity index (χ1v) is 9.14. The van der Waals surface area contributed by atoms with Gasteiger partial charge in [0.05, 0.1) is 22.9 Å². The van der Waals surface area contributed by atoms with Crippen molar-refractivity contribution in [2.75, 3.05) is 5.32 Å². The van der Waals surface area contributed by atoms with Gasteiger partial charge in [-0.05, 0) is 61.5 Å². The third-order valence-electron chi connectivity index (χ3n) is 4.37. The van der Waals surface area contributed by atoms with Crippen LogP contribution in [0.25, 0.3) is 22.3 Å². The van der Waals surface area contributed by atoms with Crippen LogP contribution < -0.4 is 10.1 Å². The minimum atomic E-state index is -0.746. The number of hydrogen-bond acceptors (Lipinski definition) is 4. The molecule has 3 aromatic carbocycles. The van der Waals surface area contributed by atoms with Crippen LogP contribution in [0.15, 0.2) is 79.0 Å². The number of halogens is 1. The van der Waals surface area contributed by atoms with Gasteiger partial charge in [0.15, 0.2) is 6.10 Å². The summed E-state index contributed by atoms with van der Waals surface area (Å²) in [6.45, 7) is 1.64. The number of carbonyl (C=O) groups excluding carboxylic acids is 1. The van der Waals surface area contributed by atoms with E-state index >= 15 is 0 Å². The maximum atomic E-state index is 13.2. The maximum absolute atomic E-state index is 13.2. The van der Waals surface area contributed by atoms with Gasteiger partial charge in [0.1, 0.15) is 11.6 Å². The lowest BCUT2D eigenvalue weighted by Gasteiger charge is -2.15. The summed E-state index contributed by atoms with van der Waals surface area (Å²) in [6, 6.07) is 20.7. The van der Waals surface area contributed by atoms with Gasteiger partial charge in [0.2, 0.25) is 0 Å². The molecule has 0 saturated carbocycles. The van der Waals surface area contributed by atoms with Crippen molar-refractivity contribution in [3.8, 4) is 17.0 Å². The number of rotatable bonds is 5. The van der Waals surface area contributed by atoms with Crippen LogP contribution in [0.3, 0.4) is 0 Å². The first-order chi connectivity index (χ1) is 14.1. The standard InChI is InChI=1S/C23H18FN3O2/c1-15(23(28)26-18-6-4-5-17(24)13-18)29-19-11-9-16(10-12-19)22-14-25-20-7-2-3-8-21(20)27-22/h2-15H,1H3,(H,26,28)/t15-/m1/s1. The number of aromatic nitrogens is 2. The lowest BCUT2D eigenvalue weighted by molar-refractivity contribution is -0.122. The van der Waals surface area contributed by atoms with Crippen molar-refractivity contribution in [1.29, 1.82) is 0 Å². The lowest BCUT2D eigenvalue weighted by atomic mass is 10.1. The molecule has 1 N–H and O–H groups in total. The summed E-state index contributed by atoms with van der Waals surface area (Å²) in [5.41, 5.74) is 3.71. The van der Waals surface area contributed by atoms with E-state index in [1.165, 1.54) is 18.2 Å². The average Bonchev–Trinajstić information content (AvgIpc) is 2.74. The van der Waals surface area contributed by atoms with E-state index in [2.05, 4.69) is 15.3 Å². The van der Waals surface area contributed by atoms with Crippen molar-refractivity contribution in [3.63, 3.8) is 0 Å². The number of nitrogens with zero attached hydrogens (tertiary/aromatic N) is 2. The molecule has 0 unspecified atom stereocenters. The van der Waals surface area contributed by atoms with E-state index in [0.29, 0.717) is 11.4 Å². The van der Waals surface area contributed by atoms with Crippen LogP contribution in [-0.4, -0.2) is 22.0 Å². The van der Waals surface area contributed by atoms with Crippen LogP contribution in [0.5, 0.6) is 5.75 Å². The zero-order chi connectivity index (χ0) is 20.2. The summed E-state index contributed by atoms with van der Waals surface area (Å²) in [6.07, 6.45) is 0.984. The average molecular weight is 387 g/mol. The monoisotopic (exact) mass is 387 g/mol. The third kappa shape index (κ3) is 4.38. The second-order valence-corrected chi connectivity index (χ2v) is 6.53. The summed E-state index contributed by atoms with van der Waals surface area (Å²) < 4.78 is 18.9. The third-order valence-corrected chi connectivity index (χ3v) is 4.37. The second-order valence-electron chi connectivity index (χ2n) is 6.53. The number of carbonyl (C=O) groups is 1. The van der Waals surface area contributed by atoms with Crippen molar-refractivity contribution in [3.05, 3.63) is 84.8 Å². The predicted molar refractivity (Wildman–Crippen MR) is 110 cm³/mol. The van der Waals surface area contributed by atoms with E-state index in [0.717, 1.165) is 22.3 Å². The molecule has 0 aliphatic rings. The largest absolute Gasteiger partial charge is 0.481 e. The van der Waals surface area contributed by atoms with Gasteiger partial charge >= 0.3 is 0 Å². The molecule has 5 nitrogen and oxygen atoms in total. The Labute approximate surface area is 167 Å². The van der Waals surface area contributed by atoms with Crippen LogP contribution in [0.4, 0.5) is 10.1 Å². The summed E-state index contributed by atoms with van der Waals surface area (Å²) in [5, 5.41) is 2.63. The molecule has 4 rings (SSSR count). The first kappa shape index (κ1) is 18.6. The molecule has 0 aliphatic carbocycles. The predicted octanol–water partition coefficient (Wildman–Crippen LogP) is 4.84. The lowest BCUT2D eigenvalue weighted by Crippen LogP contribution is -2.30. The Morgan fingerprint density at radius 2 is 1.76 bits per heavy atom. The number of anilines is 1. The molecule has 1 aromatic heterocycles. The quantitative estimate of drug-likeness (QED) is 0.532. The van der Waals surface area contributed by atoms with Gasteiger partial charge in [0, 0.05) is 11.3 Å². The number of hydrogen-bond donors (Lipinski definition) is 1. The molecule has 4 aromatic rings. The molecular weight excluding hydrogens is 369 g/mol. The highest BCUT2D eigenvalue weighted by Gasteiger charge is 2.15. The minimum Gasteiger partial charge on any atom is -0.481 e. The Morgan fingerprint density at radius 3 is 2.52 bits per heavy atom. The Hall–Kier alpha value is -3.80. The Bertz CT molecular complexity index is 1160. The van der Waals surface area contributed by atoms with Gasteiger partial charge in [-0.15, -0.1) is 0 Å². The Balaban J connectivity index is 1.43. The molecule has 144 valence electrons.